The number of hydrogen-bond donors (Lipinski definition) is 0. The summed E-state index contributed by atoms with van der Waals surface area (Å²) >= 11 is 0. The van der Waals surface area contributed by atoms with Crippen LogP contribution >= 0.6 is 0 Å². The van der Waals surface area contributed by atoms with E-state index in [9.17, 15) is 14.0 Å². The van der Waals surface area contributed by atoms with E-state index in [2.05, 4.69) is 11.7 Å². The van der Waals surface area contributed by atoms with Gasteiger partial charge in [0, 0.05) is 12.5 Å². The van der Waals surface area contributed by atoms with Gasteiger partial charge in [-0.3, -0.25) is 4.57 Å². The van der Waals surface area contributed by atoms with E-state index in [4.69, 9.17) is 9.47 Å². The molecular formula is C24H24FN3O4. The average Bonchev–Trinajstić information content (AvgIpc) is 3.09. The van der Waals surface area contributed by atoms with Gasteiger partial charge in [-0.2, -0.15) is 4.68 Å². The van der Waals surface area contributed by atoms with E-state index in [1.54, 1.807) is 0 Å². The molecule has 0 spiro atoms. The van der Waals surface area contributed by atoms with E-state index in [1.807, 2.05) is 44.2 Å². The maximum atomic E-state index is 15.0. The lowest BCUT2D eigenvalue weighted by Crippen LogP contribution is -2.27. The lowest BCUT2D eigenvalue weighted by molar-refractivity contribution is 0.0456. The molecule has 0 bridgehead atoms. The normalized spacial score (nSPS) is 15.3. The molecule has 0 saturated heterocycles. The molecule has 2 aromatic carbocycles. The van der Waals surface area contributed by atoms with E-state index in [1.165, 1.54) is 10.6 Å². The molecule has 7 nitrogen and oxygen atoms in total. The van der Waals surface area contributed by atoms with Gasteiger partial charge in [0.05, 0.1) is 12.2 Å². The molecule has 1 unspecified atom stereocenters. The zero-order valence-corrected chi connectivity index (χ0v) is 18.0. The zero-order valence-electron chi connectivity index (χ0n) is 18.0. The van der Waals surface area contributed by atoms with Crippen molar-refractivity contribution in [3.05, 3.63) is 93.4 Å². The summed E-state index contributed by atoms with van der Waals surface area (Å²) < 4.78 is 28.3. The lowest BCUT2D eigenvalue weighted by Gasteiger charge is -2.25. The highest BCUT2D eigenvalue weighted by molar-refractivity contribution is 5.93. The van der Waals surface area contributed by atoms with Crippen molar-refractivity contribution in [2.45, 2.75) is 39.5 Å². The first kappa shape index (κ1) is 21.7. The molecule has 0 saturated carbocycles. The summed E-state index contributed by atoms with van der Waals surface area (Å²) in [5.41, 5.74) is 1.99. The van der Waals surface area contributed by atoms with Gasteiger partial charge in [0.25, 0.3) is 0 Å². The average molecular weight is 437 g/mol. The second-order valence-electron chi connectivity index (χ2n) is 7.72. The number of aromatic nitrogens is 3. The van der Waals surface area contributed by atoms with Crippen LogP contribution in [0.4, 0.5) is 4.39 Å². The fourth-order valence-corrected chi connectivity index (χ4v) is 3.79. The van der Waals surface area contributed by atoms with Crippen molar-refractivity contribution in [2.24, 2.45) is 0 Å². The minimum atomic E-state index is -0.734. The van der Waals surface area contributed by atoms with Crippen LogP contribution < -0.4 is 5.69 Å². The van der Waals surface area contributed by atoms with E-state index >= 15 is 0 Å². The SMILES string of the molecule is C=C(C)C1COC(=O)c2cc(F)c(-n3nc(COCc4ccccc4)n(CC)c3=O)cc21. The largest absolute Gasteiger partial charge is 0.461 e. The van der Waals surface area contributed by atoms with Gasteiger partial charge in [0.15, 0.2) is 5.82 Å². The standard InChI is InChI=1S/C24H24FN3O4/c1-4-27-22(14-31-12-16-8-6-5-7-9-16)26-28(24(27)30)21-11-17-18(10-20(21)25)23(29)32-13-19(17)15(2)3/h5-11,19H,2,4,12-14H2,1,3H3. The first-order valence-corrected chi connectivity index (χ1v) is 10.4. The lowest BCUT2D eigenvalue weighted by atomic mass is 9.87. The summed E-state index contributed by atoms with van der Waals surface area (Å²) in [7, 11) is 0. The summed E-state index contributed by atoms with van der Waals surface area (Å²) in [6, 6.07) is 12.2. The number of ether oxygens (including phenoxy) is 2. The maximum absolute atomic E-state index is 15.0. The van der Waals surface area contributed by atoms with Gasteiger partial charge in [0.2, 0.25) is 0 Å². The molecule has 0 fully saturated rings. The molecule has 1 aromatic heterocycles. The number of halogens is 1. The fraction of sp³-hybridized carbons (Fsp3) is 0.292. The van der Waals surface area contributed by atoms with E-state index in [0.29, 0.717) is 24.5 Å². The van der Waals surface area contributed by atoms with Gasteiger partial charge in [-0.05, 0) is 37.1 Å². The summed E-state index contributed by atoms with van der Waals surface area (Å²) in [5.74, 6) is -1.21. The van der Waals surface area contributed by atoms with Gasteiger partial charge >= 0.3 is 11.7 Å². The van der Waals surface area contributed by atoms with Crippen LogP contribution in [0, 0.1) is 5.82 Å². The number of fused-ring (bicyclic) bond motifs is 1. The number of cyclic esters (lactones) is 1. The van der Waals surface area contributed by atoms with Crippen LogP contribution in [0.15, 0.2) is 59.4 Å². The molecule has 1 atom stereocenters. The molecule has 1 aliphatic rings. The Morgan fingerprint density at radius 1 is 1.25 bits per heavy atom. The van der Waals surface area contributed by atoms with Crippen molar-refractivity contribution in [2.75, 3.05) is 6.61 Å². The summed E-state index contributed by atoms with van der Waals surface area (Å²) in [6.45, 7) is 8.51. The predicted molar refractivity (Wildman–Crippen MR) is 116 cm³/mol. The number of rotatable bonds is 7. The van der Waals surface area contributed by atoms with Crippen LogP contribution in [0.1, 0.15) is 47.1 Å². The molecule has 0 N–H and O–H groups in total. The highest BCUT2D eigenvalue weighted by Crippen LogP contribution is 2.33. The van der Waals surface area contributed by atoms with E-state index in [0.717, 1.165) is 21.9 Å². The third-order valence-electron chi connectivity index (χ3n) is 5.52. The van der Waals surface area contributed by atoms with Crippen LogP contribution in [0.3, 0.4) is 0 Å². The van der Waals surface area contributed by atoms with Crippen LogP contribution in [0.5, 0.6) is 0 Å². The Kier molecular flexibility index (Phi) is 6.05. The minimum absolute atomic E-state index is 0.0220. The third kappa shape index (κ3) is 4.01. The smallest absolute Gasteiger partial charge is 0.350 e. The molecule has 0 amide bonds. The number of carbonyl (C=O) groups excluding carboxylic acids is 1. The van der Waals surface area contributed by atoms with Crippen molar-refractivity contribution >= 4 is 5.97 Å². The van der Waals surface area contributed by atoms with Crippen LogP contribution in [0.2, 0.25) is 0 Å². The summed E-state index contributed by atoms with van der Waals surface area (Å²) in [5, 5.41) is 4.34. The maximum Gasteiger partial charge on any atom is 0.350 e. The number of hydrogen-bond acceptors (Lipinski definition) is 5. The Hall–Kier alpha value is -3.52. The van der Waals surface area contributed by atoms with E-state index in [-0.39, 0.29) is 30.4 Å². The first-order valence-electron chi connectivity index (χ1n) is 10.4. The Morgan fingerprint density at radius 3 is 2.69 bits per heavy atom. The molecule has 3 aromatic rings. The Labute approximate surface area is 184 Å². The molecule has 166 valence electrons. The number of carbonyl (C=O) groups is 1. The van der Waals surface area contributed by atoms with E-state index < -0.39 is 17.5 Å². The Morgan fingerprint density at radius 2 is 2.00 bits per heavy atom. The minimum Gasteiger partial charge on any atom is -0.461 e. The van der Waals surface area contributed by atoms with Gasteiger partial charge in [-0.15, -0.1) is 5.10 Å². The van der Waals surface area contributed by atoms with Crippen molar-refractivity contribution in [3.63, 3.8) is 0 Å². The van der Waals surface area contributed by atoms with Gasteiger partial charge in [-0.25, -0.2) is 14.0 Å². The van der Waals surface area contributed by atoms with Gasteiger partial charge < -0.3 is 9.47 Å². The van der Waals surface area contributed by atoms with Crippen molar-refractivity contribution in [3.8, 4) is 5.69 Å². The highest BCUT2D eigenvalue weighted by Gasteiger charge is 2.30. The molecule has 4 rings (SSSR count). The summed E-state index contributed by atoms with van der Waals surface area (Å²) in [4.78, 5) is 25.1. The first-order chi connectivity index (χ1) is 15.4. The molecule has 2 heterocycles. The number of esters is 1. The topological polar surface area (TPSA) is 75.4 Å². The monoisotopic (exact) mass is 437 g/mol. The zero-order chi connectivity index (χ0) is 22.8. The third-order valence-corrected chi connectivity index (χ3v) is 5.52. The number of nitrogens with zero attached hydrogens (tertiary/aromatic N) is 3. The molecule has 1 aliphatic heterocycles. The second-order valence-corrected chi connectivity index (χ2v) is 7.72. The molecular weight excluding hydrogens is 413 g/mol. The molecule has 8 heteroatoms. The number of benzene rings is 2. The van der Waals surface area contributed by atoms with Crippen molar-refractivity contribution in [1.29, 1.82) is 0 Å². The molecule has 0 aliphatic carbocycles. The molecule has 32 heavy (non-hydrogen) atoms. The van der Waals surface area contributed by atoms with Crippen LogP contribution in [-0.2, 0) is 29.2 Å². The van der Waals surface area contributed by atoms with Gasteiger partial charge in [-0.1, -0.05) is 42.5 Å². The summed E-state index contributed by atoms with van der Waals surface area (Å²) in [6.07, 6.45) is 0. The Balaban J connectivity index is 1.69. The van der Waals surface area contributed by atoms with Crippen molar-refractivity contribution < 1.29 is 18.7 Å². The fourth-order valence-electron chi connectivity index (χ4n) is 3.79. The predicted octanol–water partition coefficient (Wildman–Crippen LogP) is 3.74. The van der Waals surface area contributed by atoms with Crippen molar-refractivity contribution in [1.82, 2.24) is 14.3 Å². The second kappa shape index (κ2) is 8.92. The Bertz CT molecular complexity index is 1230. The van der Waals surface area contributed by atoms with Gasteiger partial charge in [0.1, 0.15) is 24.7 Å². The van der Waals surface area contributed by atoms with Crippen LogP contribution in [-0.4, -0.2) is 26.9 Å². The molecule has 0 radical (unpaired) electrons. The highest BCUT2D eigenvalue weighted by atomic mass is 19.1. The van der Waals surface area contributed by atoms with Crippen LogP contribution in [0.25, 0.3) is 5.69 Å². The quantitative estimate of drug-likeness (QED) is 0.416.